The second-order valence-electron chi connectivity index (χ2n) is 4.49. The number of ketones is 1. The third-order valence-corrected chi connectivity index (χ3v) is 2.79. The first kappa shape index (κ1) is 17.8. The number of aromatic nitrogens is 1. The van der Waals surface area contributed by atoms with Crippen molar-refractivity contribution in [3.05, 3.63) is 6.07 Å². The molecule has 0 radical (unpaired) electrons. The fourth-order valence-corrected chi connectivity index (χ4v) is 1.72. The number of carbonyl (C=O) groups is 2. The Bertz CT molecular complexity index is 541. The maximum absolute atomic E-state index is 12.5. The molecule has 1 aromatic heterocycles. The van der Waals surface area contributed by atoms with Crippen LogP contribution in [0.4, 0.5) is 13.2 Å². The molecule has 5 N–H and O–H groups in total. The molecule has 1 aromatic rings. The molecule has 7 nitrogen and oxygen atoms in total. The lowest BCUT2D eigenvalue weighted by atomic mass is 9.97. The highest BCUT2D eigenvalue weighted by atomic mass is 19.4. The number of H-pyrrole nitrogens is 1. The Labute approximate surface area is 122 Å². The Morgan fingerprint density at radius 3 is 2.41 bits per heavy atom. The van der Waals surface area contributed by atoms with Crippen molar-refractivity contribution < 1.29 is 37.7 Å². The van der Waals surface area contributed by atoms with E-state index < -0.39 is 41.4 Å². The van der Waals surface area contributed by atoms with E-state index in [1.165, 1.54) is 0 Å². The highest BCUT2D eigenvalue weighted by Crippen LogP contribution is 2.31. The quantitative estimate of drug-likeness (QED) is 0.339. The number of aromatic hydroxyl groups is 2. The highest BCUT2D eigenvalue weighted by Gasteiger charge is 2.46. The van der Waals surface area contributed by atoms with E-state index in [1.54, 1.807) is 0 Å². The fraction of sp³-hybridized carbons (Fsp3) is 0.500. The van der Waals surface area contributed by atoms with Gasteiger partial charge in [-0.1, -0.05) is 6.42 Å². The molecule has 0 aliphatic heterocycles. The summed E-state index contributed by atoms with van der Waals surface area (Å²) < 4.78 is 42.1. The number of nitrogens with one attached hydrogen (secondary N) is 1. The van der Waals surface area contributed by atoms with E-state index in [-0.39, 0.29) is 19.4 Å². The summed E-state index contributed by atoms with van der Waals surface area (Å²) in [6.07, 6.45) is -5.10. The van der Waals surface area contributed by atoms with Crippen molar-refractivity contribution in [1.82, 2.24) is 4.98 Å². The number of aromatic amines is 1. The molecule has 0 aromatic carbocycles. The molecule has 0 aliphatic rings. The molecule has 0 fully saturated rings. The molecule has 1 rings (SSSR count). The summed E-state index contributed by atoms with van der Waals surface area (Å²) in [6.45, 7) is 0.203. The topological polar surface area (TPSA) is 126 Å². The number of esters is 1. The molecule has 22 heavy (non-hydrogen) atoms. The lowest BCUT2D eigenvalue weighted by molar-refractivity contribution is -0.179. The van der Waals surface area contributed by atoms with Gasteiger partial charge >= 0.3 is 12.1 Å². The first-order chi connectivity index (χ1) is 10.2. The van der Waals surface area contributed by atoms with Crippen LogP contribution < -0.4 is 10.5 Å². The minimum Gasteiger partial charge on any atom is -0.494 e. The van der Waals surface area contributed by atoms with Crippen LogP contribution in [-0.4, -0.2) is 39.7 Å². The fourth-order valence-electron chi connectivity index (χ4n) is 1.72. The molecule has 10 heteroatoms. The molecule has 0 spiro atoms. The van der Waals surface area contributed by atoms with E-state index in [2.05, 4.69) is 4.74 Å². The molecule has 0 aliphatic carbocycles. The van der Waals surface area contributed by atoms with Crippen LogP contribution in [0, 0.1) is 5.92 Å². The molecule has 124 valence electrons. The Morgan fingerprint density at radius 1 is 1.32 bits per heavy atom. The van der Waals surface area contributed by atoms with Gasteiger partial charge in [0.15, 0.2) is 11.6 Å². The normalized spacial score (nSPS) is 12.9. The van der Waals surface area contributed by atoms with Crippen LogP contribution >= 0.6 is 0 Å². The number of alkyl halides is 3. The Balaban J connectivity index is 2.87. The second-order valence-corrected chi connectivity index (χ2v) is 4.49. The van der Waals surface area contributed by atoms with Gasteiger partial charge in [-0.05, 0) is 19.4 Å². The number of ether oxygens (including phenoxy) is 1. The van der Waals surface area contributed by atoms with Gasteiger partial charge in [-0.2, -0.15) is 13.2 Å². The lowest BCUT2D eigenvalue weighted by Crippen LogP contribution is -2.37. The van der Waals surface area contributed by atoms with E-state index in [0.717, 1.165) is 6.07 Å². The molecule has 0 saturated carbocycles. The number of nitrogens with two attached hydrogens (primary N) is 1. The van der Waals surface area contributed by atoms with Gasteiger partial charge in [0.1, 0.15) is 5.92 Å². The minimum absolute atomic E-state index is 0.127. The highest BCUT2D eigenvalue weighted by molar-refractivity contribution is 6.02. The van der Waals surface area contributed by atoms with Gasteiger partial charge in [0.2, 0.25) is 11.7 Å². The van der Waals surface area contributed by atoms with Crippen molar-refractivity contribution >= 4 is 11.8 Å². The van der Waals surface area contributed by atoms with E-state index in [4.69, 9.17) is 10.8 Å². The average molecular weight is 324 g/mol. The van der Waals surface area contributed by atoms with Crippen molar-refractivity contribution in [2.24, 2.45) is 11.7 Å². The molecular weight excluding hydrogens is 309 g/mol. The zero-order chi connectivity index (χ0) is 16.9. The molecule has 1 atom stereocenters. The third kappa shape index (κ3) is 4.65. The number of hydrogen-bond donors (Lipinski definition) is 4. The van der Waals surface area contributed by atoms with E-state index in [1.807, 2.05) is 4.98 Å². The summed E-state index contributed by atoms with van der Waals surface area (Å²) in [6, 6.07) is 0.794. The lowest BCUT2D eigenvalue weighted by Gasteiger charge is -2.15. The van der Waals surface area contributed by atoms with Crippen LogP contribution in [0.2, 0.25) is 0 Å². The van der Waals surface area contributed by atoms with E-state index in [0.29, 0.717) is 6.42 Å². The van der Waals surface area contributed by atoms with Gasteiger partial charge in [-0.15, -0.1) is 0 Å². The van der Waals surface area contributed by atoms with Gasteiger partial charge in [-0.25, -0.2) is 0 Å². The van der Waals surface area contributed by atoms with Crippen molar-refractivity contribution in [2.75, 3.05) is 6.54 Å². The predicted molar refractivity (Wildman–Crippen MR) is 67.2 cm³/mol. The second kappa shape index (κ2) is 7.16. The molecule has 0 saturated heterocycles. The number of unbranched alkanes of at least 4 members (excludes halogenated alkanes) is 1. The summed E-state index contributed by atoms with van der Waals surface area (Å²) in [4.78, 5) is 25.1. The number of rotatable bonds is 7. The SMILES string of the molecule is NCCCCC(C(=O)Oc1cc(O)[nH]c1O)C(=O)C(F)(F)F. The number of carbonyl (C=O) groups excluding carboxylic acids is 2. The molecule has 0 amide bonds. The largest absolute Gasteiger partial charge is 0.494 e. The summed E-state index contributed by atoms with van der Waals surface area (Å²) in [5.74, 6) is -7.61. The molecule has 1 heterocycles. The van der Waals surface area contributed by atoms with Crippen LogP contribution in [0.5, 0.6) is 17.5 Å². The predicted octanol–water partition coefficient (Wildman–Crippen LogP) is 1.21. The number of hydrogen-bond acceptors (Lipinski definition) is 6. The number of Topliss-reactive ketones (excluding diaryl/α,β-unsaturated/α-hetero) is 1. The monoisotopic (exact) mass is 324 g/mol. The minimum atomic E-state index is -5.19. The Kier molecular flexibility index (Phi) is 5.80. The van der Waals surface area contributed by atoms with Gasteiger partial charge in [0.25, 0.3) is 0 Å². The smallest absolute Gasteiger partial charge is 0.450 e. The summed E-state index contributed by atoms with van der Waals surface area (Å²) >= 11 is 0. The standard InChI is InChI=1S/C12H15F3N2O5/c13-12(14,15)9(19)6(3-1-2-4-16)11(21)22-7-5-8(18)17-10(7)20/h5-6,17-18,20H,1-4,16H2. The van der Waals surface area contributed by atoms with Gasteiger partial charge in [0, 0.05) is 6.07 Å². The molecular formula is C12H15F3N2O5. The van der Waals surface area contributed by atoms with Crippen LogP contribution in [-0.2, 0) is 9.59 Å². The van der Waals surface area contributed by atoms with Crippen LogP contribution in [0.3, 0.4) is 0 Å². The zero-order valence-corrected chi connectivity index (χ0v) is 11.3. The van der Waals surface area contributed by atoms with Crippen molar-refractivity contribution in [1.29, 1.82) is 0 Å². The maximum atomic E-state index is 12.5. The Hall–Kier alpha value is -2.23. The first-order valence-electron chi connectivity index (χ1n) is 6.30. The van der Waals surface area contributed by atoms with Gasteiger partial charge in [-0.3, -0.25) is 14.6 Å². The summed E-state index contributed by atoms with van der Waals surface area (Å²) in [5, 5.41) is 18.3. The third-order valence-electron chi connectivity index (χ3n) is 2.79. The van der Waals surface area contributed by atoms with Crippen molar-refractivity contribution in [2.45, 2.75) is 25.4 Å². The summed E-state index contributed by atoms with van der Waals surface area (Å²) in [5.41, 5.74) is 5.21. The average Bonchev–Trinajstić information content (AvgIpc) is 2.71. The zero-order valence-electron chi connectivity index (χ0n) is 11.3. The molecule has 1 unspecified atom stereocenters. The van der Waals surface area contributed by atoms with Crippen LogP contribution in [0.1, 0.15) is 19.3 Å². The van der Waals surface area contributed by atoms with Crippen LogP contribution in [0.25, 0.3) is 0 Å². The van der Waals surface area contributed by atoms with Crippen molar-refractivity contribution in [3.63, 3.8) is 0 Å². The first-order valence-corrected chi connectivity index (χ1v) is 6.30. The van der Waals surface area contributed by atoms with Crippen molar-refractivity contribution in [3.8, 4) is 17.5 Å². The van der Waals surface area contributed by atoms with E-state index >= 15 is 0 Å². The molecule has 0 bridgehead atoms. The van der Waals surface area contributed by atoms with Crippen LogP contribution in [0.15, 0.2) is 6.07 Å². The maximum Gasteiger partial charge on any atom is 0.450 e. The van der Waals surface area contributed by atoms with Gasteiger partial charge in [0.05, 0.1) is 0 Å². The summed E-state index contributed by atoms with van der Waals surface area (Å²) in [7, 11) is 0. The van der Waals surface area contributed by atoms with E-state index in [9.17, 15) is 27.9 Å². The Morgan fingerprint density at radius 2 is 1.95 bits per heavy atom. The number of halogens is 3. The van der Waals surface area contributed by atoms with Gasteiger partial charge < -0.3 is 20.7 Å².